The van der Waals surface area contributed by atoms with E-state index >= 15 is 0 Å². The number of carbonyl (C=O) groups is 1. The SMILES string of the molecule is CCc1cc2c(OC(C)=O)c3ccc(OC)cc3cc2o1. The Labute approximate surface area is 122 Å². The third-order valence-electron chi connectivity index (χ3n) is 3.44. The summed E-state index contributed by atoms with van der Waals surface area (Å²) in [7, 11) is 1.62. The molecule has 0 amide bonds. The summed E-state index contributed by atoms with van der Waals surface area (Å²) < 4.78 is 16.5. The van der Waals surface area contributed by atoms with E-state index in [2.05, 4.69) is 0 Å². The first kappa shape index (κ1) is 13.5. The van der Waals surface area contributed by atoms with Gasteiger partial charge in [-0.1, -0.05) is 6.92 Å². The van der Waals surface area contributed by atoms with Gasteiger partial charge < -0.3 is 13.9 Å². The Balaban J connectivity index is 2.36. The quantitative estimate of drug-likeness (QED) is 0.537. The van der Waals surface area contributed by atoms with Crippen LogP contribution in [-0.4, -0.2) is 13.1 Å². The van der Waals surface area contributed by atoms with E-state index in [0.29, 0.717) is 11.3 Å². The highest BCUT2D eigenvalue weighted by atomic mass is 16.5. The van der Waals surface area contributed by atoms with Gasteiger partial charge in [-0.25, -0.2) is 0 Å². The van der Waals surface area contributed by atoms with Crippen molar-refractivity contribution in [3.63, 3.8) is 0 Å². The second-order valence-electron chi connectivity index (χ2n) is 4.86. The van der Waals surface area contributed by atoms with Gasteiger partial charge in [0.15, 0.2) is 0 Å². The molecule has 0 aliphatic rings. The Morgan fingerprint density at radius 3 is 2.67 bits per heavy atom. The summed E-state index contributed by atoms with van der Waals surface area (Å²) >= 11 is 0. The molecule has 21 heavy (non-hydrogen) atoms. The van der Waals surface area contributed by atoms with Gasteiger partial charge in [0, 0.05) is 18.7 Å². The molecule has 0 aliphatic heterocycles. The first-order valence-corrected chi connectivity index (χ1v) is 6.84. The maximum absolute atomic E-state index is 11.4. The molecule has 1 aromatic heterocycles. The molecular formula is C17H16O4. The lowest BCUT2D eigenvalue weighted by molar-refractivity contribution is -0.131. The normalized spacial score (nSPS) is 11.0. The lowest BCUT2D eigenvalue weighted by atomic mass is 10.1. The maximum atomic E-state index is 11.4. The van der Waals surface area contributed by atoms with Crippen molar-refractivity contribution in [1.82, 2.24) is 0 Å². The molecule has 108 valence electrons. The number of fused-ring (bicyclic) bond motifs is 2. The molecule has 3 rings (SSSR count). The third-order valence-corrected chi connectivity index (χ3v) is 3.44. The van der Waals surface area contributed by atoms with Gasteiger partial charge in [-0.15, -0.1) is 0 Å². The van der Waals surface area contributed by atoms with Crippen molar-refractivity contribution in [2.75, 3.05) is 7.11 Å². The zero-order valence-corrected chi connectivity index (χ0v) is 12.2. The molecule has 4 nitrogen and oxygen atoms in total. The van der Waals surface area contributed by atoms with Gasteiger partial charge >= 0.3 is 5.97 Å². The van der Waals surface area contributed by atoms with Crippen molar-refractivity contribution in [3.8, 4) is 11.5 Å². The van der Waals surface area contributed by atoms with E-state index in [4.69, 9.17) is 13.9 Å². The monoisotopic (exact) mass is 284 g/mol. The second kappa shape index (κ2) is 5.13. The Bertz CT molecular complexity index is 830. The molecule has 0 fully saturated rings. The molecule has 0 N–H and O–H groups in total. The average Bonchev–Trinajstić information content (AvgIpc) is 2.88. The Morgan fingerprint density at radius 2 is 2.00 bits per heavy atom. The standard InChI is InChI=1S/C17H16O4/c1-4-12-9-15-16(21-12)8-11-7-13(19-3)5-6-14(11)17(15)20-10(2)18/h5-9H,4H2,1-3H3. The number of ether oxygens (including phenoxy) is 2. The van der Waals surface area contributed by atoms with Crippen molar-refractivity contribution in [2.45, 2.75) is 20.3 Å². The van der Waals surface area contributed by atoms with E-state index in [9.17, 15) is 4.79 Å². The predicted octanol–water partition coefficient (Wildman–Crippen LogP) is 4.08. The first-order chi connectivity index (χ1) is 10.1. The molecule has 4 heteroatoms. The van der Waals surface area contributed by atoms with Crippen molar-refractivity contribution in [2.24, 2.45) is 0 Å². The van der Waals surface area contributed by atoms with Gasteiger partial charge in [-0.2, -0.15) is 0 Å². The molecule has 3 aromatic rings. The molecular weight excluding hydrogens is 268 g/mol. The molecule has 2 aromatic carbocycles. The third kappa shape index (κ3) is 2.33. The average molecular weight is 284 g/mol. The van der Waals surface area contributed by atoms with Gasteiger partial charge in [-0.3, -0.25) is 4.79 Å². The highest BCUT2D eigenvalue weighted by molar-refractivity contribution is 6.05. The van der Waals surface area contributed by atoms with Gasteiger partial charge in [0.05, 0.1) is 12.5 Å². The molecule has 0 atom stereocenters. The zero-order valence-electron chi connectivity index (χ0n) is 12.2. The van der Waals surface area contributed by atoms with E-state index < -0.39 is 0 Å². The topological polar surface area (TPSA) is 48.7 Å². The fourth-order valence-electron chi connectivity index (χ4n) is 2.45. The summed E-state index contributed by atoms with van der Waals surface area (Å²) in [5.74, 6) is 1.80. The largest absolute Gasteiger partial charge is 0.497 e. The molecule has 0 spiro atoms. The first-order valence-electron chi connectivity index (χ1n) is 6.84. The fourth-order valence-corrected chi connectivity index (χ4v) is 2.45. The van der Waals surface area contributed by atoms with Crippen molar-refractivity contribution >= 4 is 27.7 Å². The lowest BCUT2D eigenvalue weighted by Crippen LogP contribution is -2.02. The number of aryl methyl sites for hydroxylation is 1. The summed E-state index contributed by atoms with van der Waals surface area (Å²) in [5, 5.41) is 2.59. The van der Waals surface area contributed by atoms with Crippen LogP contribution in [-0.2, 0) is 11.2 Å². The number of methoxy groups -OCH3 is 1. The Hall–Kier alpha value is -2.49. The van der Waals surface area contributed by atoms with E-state index in [0.717, 1.165) is 34.1 Å². The van der Waals surface area contributed by atoms with Crippen molar-refractivity contribution in [3.05, 3.63) is 36.1 Å². The fraction of sp³-hybridized carbons (Fsp3) is 0.235. The van der Waals surface area contributed by atoms with E-state index in [1.807, 2.05) is 37.3 Å². The molecule has 0 aliphatic carbocycles. The summed E-state index contributed by atoms with van der Waals surface area (Å²) in [5.41, 5.74) is 0.712. The predicted molar refractivity (Wildman–Crippen MR) is 81.0 cm³/mol. The van der Waals surface area contributed by atoms with Gasteiger partial charge in [0.25, 0.3) is 0 Å². The summed E-state index contributed by atoms with van der Waals surface area (Å²) in [4.78, 5) is 11.4. The zero-order chi connectivity index (χ0) is 15.0. The van der Waals surface area contributed by atoms with Crippen LogP contribution < -0.4 is 9.47 Å². The van der Waals surface area contributed by atoms with Gasteiger partial charge in [0.1, 0.15) is 22.8 Å². The lowest BCUT2D eigenvalue weighted by Gasteiger charge is -2.09. The van der Waals surface area contributed by atoms with E-state index in [1.54, 1.807) is 7.11 Å². The van der Waals surface area contributed by atoms with E-state index in [1.165, 1.54) is 6.92 Å². The molecule has 0 saturated carbocycles. The highest BCUT2D eigenvalue weighted by Crippen LogP contribution is 2.38. The Morgan fingerprint density at radius 1 is 1.19 bits per heavy atom. The van der Waals surface area contributed by atoms with Crippen LogP contribution in [0.3, 0.4) is 0 Å². The number of furan rings is 1. The van der Waals surface area contributed by atoms with Crippen LogP contribution in [0.4, 0.5) is 0 Å². The van der Waals surface area contributed by atoms with Crippen LogP contribution in [0.2, 0.25) is 0 Å². The molecule has 0 unspecified atom stereocenters. The molecule has 0 bridgehead atoms. The van der Waals surface area contributed by atoms with Crippen LogP contribution in [0.15, 0.2) is 34.7 Å². The molecule has 0 radical (unpaired) electrons. The van der Waals surface area contributed by atoms with E-state index in [-0.39, 0.29) is 5.97 Å². The number of esters is 1. The minimum absolute atomic E-state index is 0.348. The van der Waals surface area contributed by atoms with Gasteiger partial charge in [0.2, 0.25) is 0 Å². The van der Waals surface area contributed by atoms with Crippen molar-refractivity contribution in [1.29, 1.82) is 0 Å². The number of carbonyl (C=O) groups excluding carboxylic acids is 1. The summed E-state index contributed by atoms with van der Waals surface area (Å²) in [6.45, 7) is 3.42. The summed E-state index contributed by atoms with van der Waals surface area (Å²) in [6, 6.07) is 9.51. The smallest absolute Gasteiger partial charge is 0.308 e. The highest BCUT2D eigenvalue weighted by Gasteiger charge is 2.15. The maximum Gasteiger partial charge on any atom is 0.308 e. The number of rotatable bonds is 3. The second-order valence-corrected chi connectivity index (χ2v) is 4.86. The van der Waals surface area contributed by atoms with Crippen LogP contribution in [0.25, 0.3) is 21.7 Å². The van der Waals surface area contributed by atoms with Crippen LogP contribution in [0.1, 0.15) is 19.6 Å². The van der Waals surface area contributed by atoms with Crippen LogP contribution in [0, 0.1) is 0 Å². The number of hydrogen-bond acceptors (Lipinski definition) is 4. The number of benzene rings is 2. The Kier molecular flexibility index (Phi) is 3.29. The minimum Gasteiger partial charge on any atom is -0.497 e. The summed E-state index contributed by atoms with van der Waals surface area (Å²) in [6.07, 6.45) is 0.786. The van der Waals surface area contributed by atoms with Gasteiger partial charge in [-0.05, 0) is 35.7 Å². The molecule has 0 saturated heterocycles. The van der Waals surface area contributed by atoms with Crippen LogP contribution >= 0.6 is 0 Å². The van der Waals surface area contributed by atoms with Crippen molar-refractivity contribution < 1.29 is 18.7 Å². The molecule has 1 heterocycles. The minimum atomic E-state index is -0.348. The number of hydrogen-bond donors (Lipinski definition) is 0. The van der Waals surface area contributed by atoms with Crippen LogP contribution in [0.5, 0.6) is 11.5 Å².